The molecule has 0 unspecified atom stereocenters. The predicted octanol–water partition coefficient (Wildman–Crippen LogP) is 0.269. The molecule has 2 rings (SSSR count). The Balaban J connectivity index is 2.10. The second-order valence-electron chi connectivity index (χ2n) is 3.97. The maximum Gasteiger partial charge on any atom is 0.240 e. The fourth-order valence-corrected chi connectivity index (χ4v) is 1.66. The highest BCUT2D eigenvalue weighted by Crippen LogP contribution is 2.20. The first-order chi connectivity index (χ1) is 9.20. The minimum Gasteiger partial charge on any atom is -0.369 e. The number of nitrogens with one attached hydrogen (secondary N) is 1. The summed E-state index contributed by atoms with van der Waals surface area (Å²) in [4.78, 5) is 18.9. The van der Waals surface area contributed by atoms with Crippen LogP contribution in [0.2, 0.25) is 0 Å². The number of pyridine rings is 1. The third-order valence-electron chi connectivity index (χ3n) is 2.57. The largest absolute Gasteiger partial charge is 0.369 e. The van der Waals surface area contributed by atoms with Crippen LogP contribution < -0.4 is 11.1 Å². The number of carbonyl (C=O) groups excluding carboxylic acids is 1. The minimum atomic E-state index is -0.429. The highest BCUT2D eigenvalue weighted by molar-refractivity contribution is 5.75. The van der Waals surface area contributed by atoms with Crippen LogP contribution in [0.15, 0.2) is 23.0 Å². The molecule has 2 heterocycles. The van der Waals surface area contributed by atoms with Crippen LogP contribution in [0.4, 0.5) is 0 Å². The Morgan fingerprint density at radius 2 is 2.37 bits per heavy atom. The molecular formula is C12H15N5O2. The predicted molar refractivity (Wildman–Crippen MR) is 67.8 cm³/mol. The van der Waals surface area contributed by atoms with Gasteiger partial charge in [0.15, 0.2) is 0 Å². The van der Waals surface area contributed by atoms with Crippen molar-refractivity contribution in [1.82, 2.24) is 20.4 Å². The second-order valence-corrected chi connectivity index (χ2v) is 3.97. The lowest BCUT2D eigenvalue weighted by molar-refractivity contribution is -0.117. The number of nitrogens with zero attached hydrogens (tertiary/aromatic N) is 3. The molecule has 0 fully saturated rings. The number of hydrogen-bond acceptors (Lipinski definition) is 6. The lowest BCUT2D eigenvalue weighted by atomic mass is 10.1. The molecule has 0 bridgehead atoms. The number of primary amides is 1. The zero-order chi connectivity index (χ0) is 13.7. The second kappa shape index (κ2) is 6.05. The van der Waals surface area contributed by atoms with Crippen LogP contribution in [0, 0.1) is 0 Å². The van der Waals surface area contributed by atoms with Gasteiger partial charge in [-0.2, -0.15) is 4.98 Å². The molecule has 1 amide bonds. The van der Waals surface area contributed by atoms with Crippen LogP contribution in [0.3, 0.4) is 0 Å². The van der Waals surface area contributed by atoms with Gasteiger partial charge in [0.25, 0.3) is 0 Å². The van der Waals surface area contributed by atoms with Gasteiger partial charge < -0.3 is 10.3 Å². The Kier molecular flexibility index (Phi) is 4.19. The van der Waals surface area contributed by atoms with E-state index in [1.807, 2.05) is 13.0 Å². The Labute approximate surface area is 110 Å². The van der Waals surface area contributed by atoms with E-state index in [4.69, 9.17) is 10.3 Å². The number of rotatable bonds is 6. The van der Waals surface area contributed by atoms with Crippen molar-refractivity contribution in [2.75, 3.05) is 6.54 Å². The van der Waals surface area contributed by atoms with Gasteiger partial charge in [-0.1, -0.05) is 12.1 Å². The van der Waals surface area contributed by atoms with Gasteiger partial charge in [0.2, 0.25) is 17.6 Å². The number of carbonyl (C=O) groups is 1. The molecule has 0 atom stereocenters. The van der Waals surface area contributed by atoms with Crippen molar-refractivity contribution in [3.05, 3.63) is 29.9 Å². The van der Waals surface area contributed by atoms with E-state index in [9.17, 15) is 4.79 Å². The van der Waals surface area contributed by atoms with Crippen molar-refractivity contribution in [3.63, 3.8) is 0 Å². The van der Waals surface area contributed by atoms with Gasteiger partial charge in [-0.15, -0.1) is 0 Å². The van der Waals surface area contributed by atoms with E-state index in [0.29, 0.717) is 18.3 Å². The summed E-state index contributed by atoms with van der Waals surface area (Å²) in [5.74, 6) is 0.507. The van der Waals surface area contributed by atoms with Crippen molar-refractivity contribution in [1.29, 1.82) is 0 Å². The minimum absolute atomic E-state index is 0.0766. The van der Waals surface area contributed by atoms with E-state index in [1.54, 1.807) is 12.4 Å². The maximum absolute atomic E-state index is 10.6. The Bertz CT molecular complexity index is 567. The van der Waals surface area contributed by atoms with Gasteiger partial charge in [0.05, 0.1) is 13.1 Å². The average Bonchev–Trinajstić information content (AvgIpc) is 2.87. The molecule has 0 aliphatic rings. The number of aromatic nitrogens is 3. The Hall–Kier alpha value is -2.28. The fraction of sp³-hybridized carbons (Fsp3) is 0.333. The summed E-state index contributed by atoms with van der Waals surface area (Å²) >= 11 is 0. The van der Waals surface area contributed by atoms with E-state index >= 15 is 0 Å². The van der Waals surface area contributed by atoms with E-state index in [2.05, 4.69) is 20.4 Å². The molecule has 7 nitrogen and oxygen atoms in total. The van der Waals surface area contributed by atoms with Crippen molar-refractivity contribution < 1.29 is 9.32 Å². The molecule has 0 aliphatic heterocycles. The zero-order valence-corrected chi connectivity index (χ0v) is 10.6. The van der Waals surface area contributed by atoms with E-state index in [0.717, 1.165) is 17.5 Å². The summed E-state index contributed by atoms with van der Waals surface area (Å²) in [6.45, 7) is 2.42. The van der Waals surface area contributed by atoms with Gasteiger partial charge in [-0.05, 0) is 18.1 Å². The molecule has 19 heavy (non-hydrogen) atoms. The lowest BCUT2D eigenvalue weighted by Gasteiger charge is -2.01. The van der Waals surface area contributed by atoms with Crippen molar-refractivity contribution in [2.45, 2.75) is 19.9 Å². The Morgan fingerprint density at radius 3 is 3.11 bits per heavy atom. The van der Waals surface area contributed by atoms with Crippen molar-refractivity contribution >= 4 is 5.91 Å². The molecule has 2 aromatic rings. The topological polar surface area (TPSA) is 107 Å². The highest BCUT2D eigenvalue weighted by atomic mass is 16.5. The molecule has 0 spiro atoms. The van der Waals surface area contributed by atoms with Crippen LogP contribution in [0.5, 0.6) is 0 Å². The van der Waals surface area contributed by atoms with Crippen LogP contribution in [0.25, 0.3) is 11.4 Å². The summed E-state index contributed by atoms with van der Waals surface area (Å²) < 4.78 is 5.10. The van der Waals surface area contributed by atoms with Crippen LogP contribution >= 0.6 is 0 Å². The summed E-state index contributed by atoms with van der Waals surface area (Å²) in [5, 5.41) is 6.73. The van der Waals surface area contributed by atoms with Crippen molar-refractivity contribution in [2.24, 2.45) is 5.73 Å². The smallest absolute Gasteiger partial charge is 0.240 e. The molecule has 7 heteroatoms. The molecule has 0 aromatic carbocycles. The van der Waals surface area contributed by atoms with E-state index in [-0.39, 0.29) is 6.54 Å². The van der Waals surface area contributed by atoms with Crippen molar-refractivity contribution in [3.8, 4) is 11.4 Å². The monoisotopic (exact) mass is 261 g/mol. The molecule has 2 aromatic heterocycles. The van der Waals surface area contributed by atoms with Gasteiger partial charge >= 0.3 is 0 Å². The standard InChI is InChI=1S/C12H15N5O2/c1-2-8-5-14-4-3-9(8)12-16-11(19-17-12)7-15-6-10(13)18/h3-5,15H,2,6-7H2,1H3,(H2,13,18). The SMILES string of the molecule is CCc1cnccc1-c1noc(CNCC(N)=O)n1. The van der Waals surface area contributed by atoms with Gasteiger partial charge in [-0.3, -0.25) is 15.1 Å². The molecular weight excluding hydrogens is 246 g/mol. The highest BCUT2D eigenvalue weighted by Gasteiger charge is 2.11. The van der Waals surface area contributed by atoms with Crippen LogP contribution in [-0.2, 0) is 17.8 Å². The third kappa shape index (κ3) is 3.35. The number of aryl methyl sites for hydroxylation is 1. The summed E-state index contributed by atoms with van der Waals surface area (Å²) in [7, 11) is 0. The average molecular weight is 261 g/mol. The summed E-state index contributed by atoms with van der Waals surface area (Å²) in [6, 6.07) is 1.85. The first-order valence-electron chi connectivity index (χ1n) is 5.95. The molecule has 0 radical (unpaired) electrons. The number of nitrogens with two attached hydrogens (primary N) is 1. The zero-order valence-electron chi connectivity index (χ0n) is 10.6. The van der Waals surface area contributed by atoms with Crippen LogP contribution in [-0.4, -0.2) is 27.6 Å². The fourth-order valence-electron chi connectivity index (χ4n) is 1.66. The lowest BCUT2D eigenvalue weighted by Crippen LogP contribution is -2.28. The molecule has 0 aliphatic carbocycles. The molecule has 0 saturated heterocycles. The molecule has 100 valence electrons. The van der Waals surface area contributed by atoms with E-state index < -0.39 is 5.91 Å². The van der Waals surface area contributed by atoms with Gasteiger partial charge in [0, 0.05) is 18.0 Å². The quantitative estimate of drug-likeness (QED) is 0.772. The van der Waals surface area contributed by atoms with Gasteiger partial charge in [-0.25, -0.2) is 0 Å². The number of amides is 1. The molecule has 0 saturated carbocycles. The summed E-state index contributed by atoms with van der Waals surface area (Å²) in [5.41, 5.74) is 6.98. The first kappa shape index (κ1) is 13.2. The molecule has 3 N–H and O–H groups in total. The van der Waals surface area contributed by atoms with E-state index in [1.165, 1.54) is 0 Å². The van der Waals surface area contributed by atoms with Crippen LogP contribution in [0.1, 0.15) is 18.4 Å². The number of hydrogen-bond donors (Lipinski definition) is 2. The Morgan fingerprint density at radius 1 is 1.53 bits per heavy atom. The normalized spacial score (nSPS) is 10.6. The third-order valence-corrected chi connectivity index (χ3v) is 2.57. The first-order valence-corrected chi connectivity index (χ1v) is 5.95. The van der Waals surface area contributed by atoms with Gasteiger partial charge in [0.1, 0.15) is 0 Å². The maximum atomic E-state index is 10.6. The summed E-state index contributed by atoms with van der Waals surface area (Å²) in [6.07, 6.45) is 4.32.